The lowest BCUT2D eigenvalue weighted by atomic mass is 10.0. The van der Waals surface area contributed by atoms with Gasteiger partial charge in [0.25, 0.3) is 0 Å². The summed E-state index contributed by atoms with van der Waals surface area (Å²) in [6.07, 6.45) is -12.9. The molecule has 258 valence electrons. The molecular formula is C30H28F7N4O6P. The highest BCUT2D eigenvalue weighted by molar-refractivity contribution is 7.51. The number of nitrogens with zero attached hydrogens (tertiary/aromatic N) is 3. The summed E-state index contributed by atoms with van der Waals surface area (Å²) in [5.41, 5.74) is -3.64. The minimum Gasteiger partial charge on any atom is -0.349 e. The normalized spacial score (nSPS) is 19.6. The van der Waals surface area contributed by atoms with E-state index in [9.17, 15) is 45.0 Å². The highest BCUT2D eigenvalue weighted by Gasteiger charge is 2.40. The Labute approximate surface area is 268 Å². The van der Waals surface area contributed by atoms with Crippen molar-refractivity contribution in [2.24, 2.45) is 0 Å². The van der Waals surface area contributed by atoms with Crippen LogP contribution in [0.15, 0.2) is 77.6 Å². The Morgan fingerprint density at radius 1 is 1.02 bits per heavy atom. The summed E-state index contributed by atoms with van der Waals surface area (Å²) in [7, 11) is -4.83. The molecule has 2 N–H and O–H groups in total. The molecule has 1 fully saturated rings. The zero-order valence-corrected chi connectivity index (χ0v) is 25.8. The van der Waals surface area contributed by atoms with Gasteiger partial charge in [-0.15, -0.1) is 0 Å². The number of rotatable bonds is 10. The van der Waals surface area contributed by atoms with Crippen molar-refractivity contribution in [1.82, 2.24) is 19.4 Å². The number of benzene rings is 3. The van der Waals surface area contributed by atoms with Gasteiger partial charge in [-0.1, -0.05) is 42.5 Å². The van der Waals surface area contributed by atoms with Crippen molar-refractivity contribution in [2.75, 3.05) is 13.2 Å². The Hall–Kier alpha value is -3.86. The second kappa shape index (κ2) is 13.9. The average molecular weight is 705 g/mol. The monoisotopic (exact) mass is 704 g/mol. The van der Waals surface area contributed by atoms with Crippen molar-refractivity contribution in [3.05, 3.63) is 123 Å². The molecular weight excluding hydrogens is 676 g/mol. The van der Waals surface area contributed by atoms with Gasteiger partial charge < -0.3 is 14.4 Å². The number of halogens is 7. The Morgan fingerprint density at radius 2 is 1.65 bits per heavy atom. The molecule has 1 aliphatic heterocycles. The molecule has 1 aromatic heterocycles. The van der Waals surface area contributed by atoms with Gasteiger partial charge >= 0.3 is 25.8 Å². The lowest BCUT2D eigenvalue weighted by Crippen LogP contribution is -2.46. The molecule has 5 rings (SSSR count). The minimum atomic E-state index is -5.08. The van der Waals surface area contributed by atoms with E-state index in [1.807, 2.05) is 0 Å². The lowest BCUT2D eigenvalue weighted by molar-refractivity contribution is -0.231. The molecule has 0 radical (unpaired) electrons. The summed E-state index contributed by atoms with van der Waals surface area (Å²) in [4.78, 5) is 25.0. The van der Waals surface area contributed by atoms with Crippen LogP contribution in [0.3, 0.4) is 0 Å². The van der Waals surface area contributed by atoms with Gasteiger partial charge in [0, 0.05) is 6.54 Å². The first-order valence-corrected chi connectivity index (χ1v) is 15.8. The van der Waals surface area contributed by atoms with Crippen molar-refractivity contribution in [3.63, 3.8) is 0 Å². The van der Waals surface area contributed by atoms with Crippen LogP contribution in [0.4, 0.5) is 30.7 Å². The molecule has 0 bridgehead atoms. The zero-order chi connectivity index (χ0) is 34.9. The molecule has 1 unspecified atom stereocenters. The molecule has 3 aromatic carbocycles. The van der Waals surface area contributed by atoms with Gasteiger partial charge in [0.1, 0.15) is 5.82 Å². The fourth-order valence-electron chi connectivity index (χ4n) is 5.16. The molecule has 48 heavy (non-hydrogen) atoms. The van der Waals surface area contributed by atoms with Crippen LogP contribution in [0.5, 0.6) is 0 Å². The van der Waals surface area contributed by atoms with Crippen LogP contribution in [0, 0.1) is 5.82 Å². The summed E-state index contributed by atoms with van der Waals surface area (Å²) in [5, 5.41) is 6.00. The van der Waals surface area contributed by atoms with Crippen LogP contribution < -0.4 is 5.69 Å². The van der Waals surface area contributed by atoms with Gasteiger partial charge in [-0.3, -0.25) is 9.42 Å². The summed E-state index contributed by atoms with van der Waals surface area (Å²) < 4.78 is 126. The second-order valence-electron chi connectivity index (χ2n) is 10.8. The maximum Gasteiger partial charge on any atom is 0.442 e. The number of nitrogens with one attached hydrogen (secondary N) is 1. The van der Waals surface area contributed by atoms with Gasteiger partial charge in [0.2, 0.25) is 0 Å². The van der Waals surface area contributed by atoms with Crippen molar-refractivity contribution in [1.29, 1.82) is 0 Å². The number of hydrogen-bond donors (Lipinski definition) is 2. The third-order valence-electron chi connectivity index (χ3n) is 7.50. The molecule has 18 heteroatoms. The first-order chi connectivity index (χ1) is 22.5. The number of hydrogen-bond acceptors (Lipinski definition) is 7. The number of H-pyrrole nitrogens is 1. The van der Waals surface area contributed by atoms with Gasteiger partial charge in [-0.05, 0) is 53.9 Å². The second-order valence-corrected chi connectivity index (χ2v) is 12.5. The first kappa shape index (κ1) is 35.4. The summed E-state index contributed by atoms with van der Waals surface area (Å²) in [6.45, 7) is 0.610. The SMILES string of the molecule is C[C@@H](O[C@H]1OCCN(Cc2n[nH]c(=O)n2P(=O)(O)OCc2ccccc2)[C@H]1c1ccc(F)cc1)c1cc(C(F)(F)F)cc(C(F)(F)F)c1. The minimum absolute atomic E-state index is 0.00319. The lowest BCUT2D eigenvalue weighted by Gasteiger charge is -2.41. The Kier molecular flexibility index (Phi) is 10.3. The molecule has 4 aromatic rings. The quantitative estimate of drug-likeness (QED) is 0.140. The Bertz CT molecular complexity index is 1780. The Balaban J connectivity index is 1.45. The van der Waals surface area contributed by atoms with Crippen molar-refractivity contribution >= 4 is 7.75 Å². The number of alkyl halides is 6. The van der Waals surface area contributed by atoms with E-state index < -0.39 is 66.7 Å². The molecule has 1 aliphatic rings. The molecule has 2 heterocycles. The molecule has 1 saturated heterocycles. The van der Waals surface area contributed by atoms with Crippen LogP contribution in [0.25, 0.3) is 0 Å². The molecule has 0 amide bonds. The fraction of sp³-hybridized carbons (Fsp3) is 0.333. The molecule has 4 atom stereocenters. The van der Waals surface area contributed by atoms with E-state index in [1.165, 1.54) is 19.1 Å². The van der Waals surface area contributed by atoms with Gasteiger partial charge in [0.05, 0.1) is 43.0 Å². The van der Waals surface area contributed by atoms with E-state index in [2.05, 4.69) is 10.2 Å². The molecule has 0 aliphatic carbocycles. The maximum atomic E-state index is 13.9. The third-order valence-corrected chi connectivity index (χ3v) is 8.88. The van der Waals surface area contributed by atoms with E-state index >= 15 is 0 Å². The van der Waals surface area contributed by atoms with E-state index in [-0.39, 0.29) is 38.2 Å². The van der Waals surface area contributed by atoms with E-state index in [1.54, 1.807) is 35.2 Å². The number of aromatic nitrogens is 3. The average Bonchev–Trinajstić information content (AvgIpc) is 3.40. The number of aromatic amines is 1. The van der Waals surface area contributed by atoms with Crippen molar-refractivity contribution < 1.29 is 54.2 Å². The highest BCUT2D eigenvalue weighted by Crippen LogP contribution is 2.45. The van der Waals surface area contributed by atoms with Crippen LogP contribution in [-0.4, -0.2) is 43.8 Å². The van der Waals surface area contributed by atoms with Crippen LogP contribution >= 0.6 is 7.75 Å². The molecule has 0 saturated carbocycles. The van der Waals surface area contributed by atoms with E-state index in [4.69, 9.17) is 14.0 Å². The summed E-state index contributed by atoms with van der Waals surface area (Å²) >= 11 is 0. The maximum absolute atomic E-state index is 13.9. The number of morpholine rings is 1. The first-order valence-electron chi connectivity index (χ1n) is 14.3. The van der Waals surface area contributed by atoms with Crippen molar-refractivity contribution in [3.8, 4) is 0 Å². The third kappa shape index (κ3) is 8.22. The fourth-order valence-corrected chi connectivity index (χ4v) is 6.27. The van der Waals surface area contributed by atoms with Gasteiger partial charge in [0.15, 0.2) is 12.1 Å². The Morgan fingerprint density at radius 3 is 2.25 bits per heavy atom. The van der Waals surface area contributed by atoms with Crippen LogP contribution in [-0.2, 0) is 44.1 Å². The van der Waals surface area contributed by atoms with Gasteiger partial charge in [-0.2, -0.15) is 35.8 Å². The van der Waals surface area contributed by atoms with Crippen LogP contribution in [0.1, 0.15) is 52.7 Å². The van der Waals surface area contributed by atoms with E-state index in [0.717, 1.165) is 12.1 Å². The predicted molar refractivity (Wildman–Crippen MR) is 155 cm³/mol. The largest absolute Gasteiger partial charge is 0.442 e. The zero-order valence-electron chi connectivity index (χ0n) is 24.9. The van der Waals surface area contributed by atoms with Crippen molar-refractivity contribution in [2.45, 2.75) is 50.9 Å². The highest BCUT2D eigenvalue weighted by atomic mass is 31.2. The molecule has 10 nitrogen and oxygen atoms in total. The predicted octanol–water partition coefficient (Wildman–Crippen LogP) is 6.59. The topological polar surface area (TPSA) is 119 Å². The van der Waals surface area contributed by atoms with Gasteiger partial charge in [-0.25, -0.2) is 18.8 Å². The van der Waals surface area contributed by atoms with E-state index in [0.29, 0.717) is 27.6 Å². The number of ether oxygens (including phenoxy) is 2. The standard InChI is InChI=1S/C30H28F7N4O6P/c1-18(21-13-22(29(32,33)34)15-23(14-21)30(35,36)37)47-27-26(20-7-9-24(31)10-8-20)40(11-12-45-27)16-25-38-39-28(42)41(25)48(43,44)46-17-19-5-3-2-4-6-19/h2-10,13-15,18,26-27H,11-12,16-17H2,1H3,(H,39,42)(H,43,44)/t18-,26+,27-/m1/s1. The smallest absolute Gasteiger partial charge is 0.349 e. The summed E-state index contributed by atoms with van der Waals surface area (Å²) in [6, 6.07) is 13.4. The summed E-state index contributed by atoms with van der Waals surface area (Å²) in [5.74, 6) is -0.846. The van der Waals surface area contributed by atoms with Crippen LogP contribution in [0.2, 0.25) is 0 Å². The molecule has 0 spiro atoms.